The monoisotopic (exact) mass is 234 g/mol. The maximum Gasteiger partial charge on any atom is 0.246 e. The Bertz CT molecular complexity index is 429. The van der Waals surface area contributed by atoms with Crippen LogP contribution in [0, 0.1) is 0 Å². The van der Waals surface area contributed by atoms with Crippen molar-refractivity contribution in [3.63, 3.8) is 0 Å². The Hall–Kier alpha value is -1.58. The van der Waals surface area contributed by atoms with E-state index in [2.05, 4.69) is 76.7 Å². The second-order valence-corrected chi connectivity index (χ2v) is 4.68. The van der Waals surface area contributed by atoms with Crippen LogP contribution in [0.2, 0.25) is 0 Å². The molecule has 2 heterocycles. The van der Waals surface area contributed by atoms with Gasteiger partial charge in [-0.25, -0.2) is 9.13 Å². The molecule has 2 aromatic rings. The third-order valence-corrected chi connectivity index (χ3v) is 3.08. The maximum absolute atomic E-state index is 2.27. The van der Waals surface area contributed by atoms with Crippen LogP contribution in [0.3, 0.4) is 0 Å². The van der Waals surface area contributed by atoms with Gasteiger partial charge in [-0.1, -0.05) is 13.3 Å². The van der Waals surface area contributed by atoms with Gasteiger partial charge in [0, 0.05) is 6.42 Å². The molecule has 0 aliphatic carbocycles. The number of nitrogens with zero attached hydrogens (tertiary/aromatic N) is 4. The van der Waals surface area contributed by atoms with Crippen LogP contribution < -0.4 is 9.13 Å². The van der Waals surface area contributed by atoms with E-state index in [9.17, 15) is 0 Å². The van der Waals surface area contributed by atoms with Crippen molar-refractivity contribution in [1.82, 2.24) is 9.13 Å². The summed E-state index contributed by atoms with van der Waals surface area (Å²) in [6.45, 7) is 2.24. The van der Waals surface area contributed by atoms with Gasteiger partial charge in [0.15, 0.2) is 0 Å². The van der Waals surface area contributed by atoms with Crippen LogP contribution in [-0.4, -0.2) is 9.13 Å². The summed E-state index contributed by atoms with van der Waals surface area (Å²) in [4.78, 5) is 0. The summed E-state index contributed by atoms with van der Waals surface area (Å²) in [6.07, 6.45) is 16.8. The van der Waals surface area contributed by atoms with Crippen LogP contribution in [-0.2, 0) is 14.1 Å². The van der Waals surface area contributed by atoms with E-state index in [0.717, 1.165) is 0 Å². The summed E-state index contributed by atoms with van der Waals surface area (Å²) in [5.74, 6) is 0. The molecule has 0 aromatic carbocycles. The normalized spacial score (nSPS) is 11.3. The summed E-state index contributed by atoms with van der Waals surface area (Å²) >= 11 is 0. The number of aromatic nitrogens is 4. The van der Waals surface area contributed by atoms with Crippen LogP contribution in [0.5, 0.6) is 0 Å². The zero-order valence-electron chi connectivity index (χ0n) is 11.0. The Balaban J connectivity index is 2.24. The molecule has 0 radical (unpaired) electrons. The van der Waals surface area contributed by atoms with E-state index in [1.807, 2.05) is 0 Å². The average molecular weight is 234 g/mol. The number of unbranched alkanes of at least 4 members (excludes halogenated alkanes) is 1. The second-order valence-electron chi connectivity index (χ2n) is 4.68. The zero-order chi connectivity index (χ0) is 12.3. The molecule has 0 aliphatic rings. The third kappa shape index (κ3) is 2.75. The Morgan fingerprint density at radius 3 is 1.88 bits per heavy atom. The lowest BCUT2D eigenvalue weighted by Gasteiger charge is -2.09. The fourth-order valence-electron chi connectivity index (χ4n) is 2.13. The Morgan fingerprint density at radius 2 is 1.53 bits per heavy atom. The molecule has 0 N–H and O–H groups in total. The highest BCUT2D eigenvalue weighted by Gasteiger charge is 2.22. The molecule has 2 rings (SSSR count). The van der Waals surface area contributed by atoms with Gasteiger partial charge in [-0.15, -0.1) is 0 Å². The standard InChI is InChI=1S/C13H22N4/c1-4-5-6-13(16-9-7-14(2)11-16)17-10-8-15(3)12-17/h7-13H,4-6H2,1-3H3/q+2. The summed E-state index contributed by atoms with van der Waals surface area (Å²) in [5, 5.41) is 0. The van der Waals surface area contributed by atoms with E-state index < -0.39 is 0 Å². The molecule has 4 heteroatoms. The van der Waals surface area contributed by atoms with E-state index in [1.54, 1.807) is 0 Å². The van der Waals surface area contributed by atoms with Gasteiger partial charge < -0.3 is 0 Å². The Kier molecular flexibility index (Phi) is 3.61. The number of hydrogen-bond acceptors (Lipinski definition) is 0. The highest BCUT2D eigenvalue weighted by atomic mass is 15.3. The molecule has 0 saturated heterocycles. The molecule has 4 nitrogen and oxygen atoms in total. The van der Waals surface area contributed by atoms with Crippen molar-refractivity contribution in [3.05, 3.63) is 37.4 Å². The average Bonchev–Trinajstić information content (AvgIpc) is 2.89. The van der Waals surface area contributed by atoms with Gasteiger partial charge in [0.1, 0.15) is 24.8 Å². The summed E-state index contributed by atoms with van der Waals surface area (Å²) in [5.41, 5.74) is 0. The molecular formula is C13H22N4+2. The third-order valence-electron chi connectivity index (χ3n) is 3.08. The van der Waals surface area contributed by atoms with Gasteiger partial charge >= 0.3 is 0 Å². The molecule has 0 amide bonds. The number of imidazole rings is 2. The smallest absolute Gasteiger partial charge is 0.239 e. The summed E-state index contributed by atoms with van der Waals surface area (Å²) < 4.78 is 8.72. The SMILES string of the molecule is CCCCC([n+]1ccn(C)c1)[n+]1ccn(C)c1. The topological polar surface area (TPSA) is 17.6 Å². The molecule has 0 saturated carbocycles. The van der Waals surface area contributed by atoms with E-state index in [-0.39, 0.29) is 0 Å². The van der Waals surface area contributed by atoms with Crippen LogP contribution in [0.1, 0.15) is 32.4 Å². The Morgan fingerprint density at radius 1 is 1.00 bits per heavy atom. The molecule has 17 heavy (non-hydrogen) atoms. The molecule has 0 atom stereocenters. The minimum Gasteiger partial charge on any atom is -0.239 e. The second kappa shape index (κ2) is 5.17. The fraction of sp³-hybridized carbons (Fsp3) is 0.538. The molecule has 0 bridgehead atoms. The van der Waals surface area contributed by atoms with Crippen molar-refractivity contribution in [2.75, 3.05) is 0 Å². The van der Waals surface area contributed by atoms with Crippen molar-refractivity contribution >= 4 is 0 Å². The number of hydrogen-bond donors (Lipinski definition) is 0. The van der Waals surface area contributed by atoms with E-state index in [1.165, 1.54) is 19.3 Å². The van der Waals surface area contributed by atoms with Crippen molar-refractivity contribution < 1.29 is 9.13 Å². The lowest BCUT2D eigenvalue weighted by atomic mass is 10.2. The van der Waals surface area contributed by atoms with Crippen molar-refractivity contribution in [2.45, 2.75) is 32.4 Å². The van der Waals surface area contributed by atoms with Crippen LogP contribution in [0.25, 0.3) is 0 Å². The van der Waals surface area contributed by atoms with Crippen molar-refractivity contribution in [1.29, 1.82) is 0 Å². The largest absolute Gasteiger partial charge is 0.246 e. The fourth-order valence-corrected chi connectivity index (χ4v) is 2.13. The first kappa shape index (κ1) is 11.9. The molecule has 0 aliphatic heterocycles. The van der Waals surface area contributed by atoms with Gasteiger partial charge in [0.2, 0.25) is 18.8 Å². The quantitative estimate of drug-likeness (QED) is 0.691. The molecule has 92 valence electrons. The summed E-state index contributed by atoms with van der Waals surface area (Å²) in [7, 11) is 4.12. The Labute approximate surface area is 103 Å². The van der Waals surface area contributed by atoms with Gasteiger partial charge in [-0.3, -0.25) is 0 Å². The van der Waals surface area contributed by atoms with Crippen molar-refractivity contribution in [2.24, 2.45) is 14.1 Å². The first-order valence-electron chi connectivity index (χ1n) is 6.26. The molecule has 0 fully saturated rings. The summed E-state index contributed by atoms with van der Waals surface area (Å²) in [6, 6.07) is 0. The van der Waals surface area contributed by atoms with E-state index in [0.29, 0.717) is 6.17 Å². The molecular weight excluding hydrogens is 212 g/mol. The van der Waals surface area contributed by atoms with Crippen LogP contribution in [0.15, 0.2) is 37.4 Å². The lowest BCUT2D eigenvalue weighted by Crippen LogP contribution is -2.55. The van der Waals surface area contributed by atoms with Gasteiger partial charge in [0.05, 0.1) is 14.1 Å². The van der Waals surface area contributed by atoms with Crippen LogP contribution in [0.4, 0.5) is 0 Å². The first-order valence-corrected chi connectivity index (χ1v) is 6.26. The van der Waals surface area contributed by atoms with E-state index in [4.69, 9.17) is 0 Å². The highest BCUT2D eigenvalue weighted by Crippen LogP contribution is 2.05. The van der Waals surface area contributed by atoms with Crippen molar-refractivity contribution in [3.8, 4) is 0 Å². The number of aryl methyl sites for hydroxylation is 2. The maximum atomic E-state index is 2.27. The highest BCUT2D eigenvalue weighted by molar-refractivity contribution is 4.65. The molecule has 0 spiro atoms. The first-order chi connectivity index (χ1) is 8.20. The zero-order valence-corrected chi connectivity index (χ0v) is 11.0. The van der Waals surface area contributed by atoms with Crippen LogP contribution >= 0.6 is 0 Å². The molecule has 2 aromatic heterocycles. The van der Waals surface area contributed by atoms with Gasteiger partial charge in [-0.05, 0) is 6.42 Å². The predicted molar refractivity (Wildman–Crippen MR) is 65.2 cm³/mol. The number of rotatable bonds is 5. The lowest BCUT2D eigenvalue weighted by molar-refractivity contribution is -0.945. The van der Waals surface area contributed by atoms with Gasteiger partial charge in [-0.2, -0.15) is 9.13 Å². The van der Waals surface area contributed by atoms with E-state index >= 15 is 0 Å². The molecule has 0 unspecified atom stereocenters. The minimum atomic E-state index is 0.386. The minimum absolute atomic E-state index is 0.386. The van der Waals surface area contributed by atoms with Gasteiger partial charge in [0.25, 0.3) is 0 Å². The predicted octanol–water partition coefficient (Wildman–Crippen LogP) is 1.18.